The Kier molecular flexibility index (Phi) is 6.31. The van der Waals surface area contributed by atoms with Crippen molar-refractivity contribution in [2.45, 2.75) is 45.8 Å². The fourth-order valence-corrected chi connectivity index (χ4v) is 1.01. The molecule has 1 N–H and O–H groups in total. The third kappa shape index (κ3) is 8.30. The number of ether oxygens (including phenoxy) is 2. The van der Waals surface area contributed by atoms with Crippen LogP contribution >= 0.6 is 0 Å². The second-order valence-corrected chi connectivity index (χ2v) is 4.54. The largest absolute Gasteiger partial charge is 0.466 e. The van der Waals surface area contributed by atoms with Crippen molar-refractivity contribution < 1.29 is 19.1 Å². The van der Waals surface area contributed by atoms with Crippen LogP contribution in [0.15, 0.2) is 12.2 Å². The number of methoxy groups -OCH3 is 1. The SMILES string of the molecule is CC[C@@H](/C=C/C(=O)OC)NC(=O)OC(C)(C)C. The monoisotopic (exact) mass is 243 g/mol. The summed E-state index contributed by atoms with van der Waals surface area (Å²) in [5, 5.41) is 2.65. The summed E-state index contributed by atoms with van der Waals surface area (Å²) in [4.78, 5) is 22.4. The summed E-state index contributed by atoms with van der Waals surface area (Å²) in [6, 6.07) is -0.246. The fourth-order valence-electron chi connectivity index (χ4n) is 1.01. The van der Waals surface area contributed by atoms with Gasteiger partial charge in [0.2, 0.25) is 0 Å². The van der Waals surface area contributed by atoms with Crippen LogP contribution < -0.4 is 5.32 Å². The van der Waals surface area contributed by atoms with Crippen molar-refractivity contribution in [3.8, 4) is 0 Å². The third-order valence-electron chi connectivity index (χ3n) is 1.81. The Morgan fingerprint density at radius 1 is 1.35 bits per heavy atom. The average Bonchev–Trinajstić information content (AvgIpc) is 2.20. The lowest BCUT2D eigenvalue weighted by Crippen LogP contribution is -2.38. The number of esters is 1. The van der Waals surface area contributed by atoms with Gasteiger partial charge in [-0.25, -0.2) is 9.59 Å². The van der Waals surface area contributed by atoms with E-state index in [4.69, 9.17) is 4.74 Å². The molecular weight excluding hydrogens is 222 g/mol. The van der Waals surface area contributed by atoms with Gasteiger partial charge >= 0.3 is 12.1 Å². The molecule has 0 aliphatic rings. The highest BCUT2D eigenvalue weighted by molar-refractivity contribution is 5.82. The first kappa shape index (κ1) is 15.5. The minimum absolute atomic E-state index is 0.246. The minimum atomic E-state index is -0.533. The molecule has 0 aromatic carbocycles. The van der Waals surface area contributed by atoms with Crippen LogP contribution in [0.2, 0.25) is 0 Å². The number of carbonyl (C=O) groups is 2. The molecule has 0 aliphatic heterocycles. The van der Waals surface area contributed by atoms with Gasteiger partial charge in [0, 0.05) is 6.08 Å². The molecule has 5 nitrogen and oxygen atoms in total. The Labute approximate surface area is 102 Å². The van der Waals surface area contributed by atoms with Gasteiger partial charge in [0.1, 0.15) is 5.60 Å². The highest BCUT2D eigenvalue weighted by Crippen LogP contribution is 2.07. The maximum absolute atomic E-state index is 11.5. The number of amides is 1. The molecule has 0 saturated heterocycles. The number of hydrogen-bond donors (Lipinski definition) is 1. The first-order chi connectivity index (χ1) is 7.78. The standard InChI is InChI=1S/C12H21NO4/c1-6-9(7-8-10(14)16-5)13-11(15)17-12(2,3)4/h7-9H,6H2,1-5H3,(H,13,15)/b8-7+/t9-/m0/s1. The van der Waals surface area contributed by atoms with Crippen molar-refractivity contribution in [3.05, 3.63) is 12.2 Å². The van der Waals surface area contributed by atoms with E-state index in [1.54, 1.807) is 26.8 Å². The van der Waals surface area contributed by atoms with Crippen LogP contribution in [0.25, 0.3) is 0 Å². The molecule has 0 aliphatic carbocycles. The number of nitrogens with one attached hydrogen (secondary N) is 1. The van der Waals surface area contributed by atoms with Gasteiger partial charge in [0.05, 0.1) is 13.2 Å². The highest BCUT2D eigenvalue weighted by atomic mass is 16.6. The Balaban J connectivity index is 4.27. The van der Waals surface area contributed by atoms with E-state index in [0.29, 0.717) is 6.42 Å². The van der Waals surface area contributed by atoms with E-state index in [1.165, 1.54) is 13.2 Å². The van der Waals surface area contributed by atoms with Crippen molar-refractivity contribution in [3.63, 3.8) is 0 Å². The Morgan fingerprint density at radius 3 is 2.35 bits per heavy atom. The van der Waals surface area contributed by atoms with Crippen LogP contribution in [0.4, 0.5) is 4.79 Å². The summed E-state index contributed by atoms with van der Waals surface area (Å²) in [7, 11) is 1.30. The molecule has 98 valence electrons. The lowest BCUT2D eigenvalue weighted by molar-refractivity contribution is -0.134. The quantitative estimate of drug-likeness (QED) is 0.606. The van der Waals surface area contributed by atoms with E-state index in [2.05, 4.69) is 10.1 Å². The molecule has 0 fully saturated rings. The van der Waals surface area contributed by atoms with Crippen LogP contribution in [0.3, 0.4) is 0 Å². The van der Waals surface area contributed by atoms with E-state index in [-0.39, 0.29) is 6.04 Å². The fraction of sp³-hybridized carbons (Fsp3) is 0.667. The molecule has 1 atom stereocenters. The smallest absolute Gasteiger partial charge is 0.408 e. The van der Waals surface area contributed by atoms with Gasteiger partial charge in [-0.1, -0.05) is 13.0 Å². The molecule has 0 saturated carbocycles. The second-order valence-electron chi connectivity index (χ2n) is 4.54. The second kappa shape index (κ2) is 6.93. The summed E-state index contributed by atoms with van der Waals surface area (Å²) in [6.45, 7) is 7.26. The average molecular weight is 243 g/mol. The molecular formula is C12H21NO4. The van der Waals surface area contributed by atoms with E-state index < -0.39 is 17.7 Å². The van der Waals surface area contributed by atoms with E-state index >= 15 is 0 Å². The summed E-state index contributed by atoms with van der Waals surface area (Å²) in [5.41, 5.74) is -0.533. The summed E-state index contributed by atoms with van der Waals surface area (Å²) in [5.74, 6) is -0.450. The van der Waals surface area contributed by atoms with Crippen LogP contribution in [-0.4, -0.2) is 30.8 Å². The van der Waals surface area contributed by atoms with Gasteiger partial charge < -0.3 is 14.8 Å². The number of alkyl carbamates (subject to hydrolysis) is 1. The molecule has 0 spiro atoms. The van der Waals surface area contributed by atoms with Crippen molar-refractivity contribution in [2.24, 2.45) is 0 Å². The van der Waals surface area contributed by atoms with Gasteiger partial charge in [0.15, 0.2) is 0 Å². The highest BCUT2D eigenvalue weighted by Gasteiger charge is 2.17. The van der Waals surface area contributed by atoms with E-state index in [0.717, 1.165) is 0 Å². The van der Waals surface area contributed by atoms with Crippen molar-refractivity contribution >= 4 is 12.1 Å². The summed E-state index contributed by atoms with van der Waals surface area (Å²) >= 11 is 0. The van der Waals surface area contributed by atoms with Gasteiger partial charge in [-0.3, -0.25) is 0 Å². The zero-order chi connectivity index (χ0) is 13.5. The zero-order valence-corrected chi connectivity index (χ0v) is 11.1. The molecule has 0 aromatic rings. The van der Waals surface area contributed by atoms with Crippen molar-refractivity contribution in [1.82, 2.24) is 5.32 Å². The number of hydrogen-bond acceptors (Lipinski definition) is 4. The van der Waals surface area contributed by atoms with Gasteiger partial charge in [-0.05, 0) is 27.2 Å². The third-order valence-corrected chi connectivity index (χ3v) is 1.81. The predicted octanol–water partition coefficient (Wildman–Crippen LogP) is 2.02. The molecule has 0 bridgehead atoms. The van der Waals surface area contributed by atoms with E-state index in [9.17, 15) is 9.59 Å². The topological polar surface area (TPSA) is 64.6 Å². The molecule has 0 radical (unpaired) electrons. The minimum Gasteiger partial charge on any atom is -0.466 e. The normalized spacial score (nSPS) is 13.2. The Bertz CT molecular complexity index is 291. The number of rotatable bonds is 4. The molecule has 0 heterocycles. The summed E-state index contributed by atoms with van der Waals surface area (Å²) < 4.78 is 9.56. The zero-order valence-electron chi connectivity index (χ0n) is 11.1. The van der Waals surface area contributed by atoms with Gasteiger partial charge in [-0.2, -0.15) is 0 Å². The maximum Gasteiger partial charge on any atom is 0.408 e. The molecule has 1 amide bonds. The molecule has 0 aromatic heterocycles. The Morgan fingerprint density at radius 2 is 1.94 bits per heavy atom. The predicted molar refractivity (Wildman–Crippen MR) is 64.6 cm³/mol. The van der Waals surface area contributed by atoms with Crippen molar-refractivity contribution in [1.29, 1.82) is 0 Å². The van der Waals surface area contributed by atoms with E-state index in [1.807, 2.05) is 6.92 Å². The van der Waals surface area contributed by atoms with Crippen LogP contribution in [-0.2, 0) is 14.3 Å². The lowest BCUT2D eigenvalue weighted by atomic mass is 10.2. The molecule has 0 unspecified atom stereocenters. The van der Waals surface area contributed by atoms with Gasteiger partial charge in [-0.15, -0.1) is 0 Å². The molecule has 0 rings (SSSR count). The number of carbonyl (C=O) groups excluding carboxylic acids is 2. The molecule has 5 heteroatoms. The lowest BCUT2D eigenvalue weighted by Gasteiger charge is -2.21. The summed E-state index contributed by atoms with van der Waals surface area (Å²) in [6.07, 6.45) is 3.02. The van der Waals surface area contributed by atoms with Crippen LogP contribution in [0.1, 0.15) is 34.1 Å². The first-order valence-electron chi connectivity index (χ1n) is 5.54. The maximum atomic E-state index is 11.5. The first-order valence-corrected chi connectivity index (χ1v) is 5.54. The van der Waals surface area contributed by atoms with Crippen LogP contribution in [0, 0.1) is 0 Å². The molecule has 17 heavy (non-hydrogen) atoms. The Hall–Kier alpha value is -1.52. The van der Waals surface area contributed by atoms with Crippen LogP contribution in [0.5, 0.6) is 0 Å². The van der Waals surface area contributed by atoms with Crippen molar-refractivity contribution in [2.75, 3.05) is 7.11 Å². The van der Waals surface area contributed by atoms with Gasteiger partial charge in [0.25, 0.3) is 0 Å².